The van der Waals surface area contributed by atoms with E-state index in [0.29, 0.717) is 37.6 Å². The molecule has 0 amide bonds. The summed E-state index contributed by atoms with van der Waals surface area (Å²) < 4.78 is 16.6. The summed E-state index contributed by atoms with van der Waals surface area (Å²) in [4.78, 5) is 11.6. The van der Waals surface area contributed by atoms with Crippen LogP contribution in [0.2, 0.25) is 0 Å². The molecule has 4 nitrogen and oxygen atoms in total. The molecule has 3 atom stereocenters. The zero-order valence-corrected chi connectivity index (χ0v) is 16.1. The lowest BCUT2D eigenvalue weighted by Gasteiger charge is -2.16. The lowest BCUT2D eigenvalue weighted by atomic mass is 9.93. The van der Waals surface area contributed by atoms with Gasteiger partial charge in [-0.25, -0.2) is 0 Å². The number of hydrogen-bond donors (Lipinski definition) is 0. The molecule has 0 aromatic rings. The van der Waals surface area contributed by atoms with Crippen LogP contribution in [0.3, 0.4) is 0 Å². The van der Waals surface area contributed by atoms with E-state index in [9.17, 15) is 4.79 Å². The molecule has 0 spiro atoms. The highest BCUT2D eigenvalue weighted by Gasteiger charge is 2.30. The molecule has 1 rings (SSSR count). The number of ether oxygens (including phenoxy) is 3. The lowest BCUT2D eigenvalue weighted by Crippen LogP contribution is -2.18. The Balaban J connectivity index is 1.83. The summed E-state index contributed by atoms with van der Waals surface area (Å²) in [6.45, 7) is 9.44. The van der Waals surface area contributed by atoms with Crippen LogP contribution in [0.4, 0.5) is 0 Å². The van der Waals surface area contributed by atoms with Gasteiger partial charge in [0.1, 0.15) is 0 Å². The summed E-state index contributed by atoms with van der Waals surface area (Å²) in [6, 6.07) is 0. The van der Waals surface area contributed by atoms with Gasteiger partial charge < -0.3 is 14.2 Å². The van der Waals surface area contributed by atoms with Gasteiger partial charge in [-0.1, -0.05) is 52.9 Å². The molecule has 0 radical (unpaired) electrons. The van der Waals surface area contributed by atoms with Crippen molar-refractivity contribution in [2.24, 2.45) is 11.8 Å². The van der Waals surface area contributed by atoms with E-state index in [-0.39, 0.29) is 5.97 Å². The predicted octanol–water partition coefficient (Wildman–Crippen LogP) is 4.75. The van der Waals surface area contributed by atoms with Crippen LogP contribution in [0.5, 0.6) is 0 Å². The van der Waals surface area contributed by atoms with Gasteiger partial charge >= 0.3 is 5.97 Å². The summed E-state index contributed by atoms with van der Waals surface area (Å²) in [5, 5.41) is 0. The fourth-order valence-corrected chi connectivity index (χ4v) is 3.06. The number of carbonyl (C=O) groups is 1. The molecule has 1 aliphatic heterocycles. The van der Waals surface area contributed by atoms with Gasteiger partial charge in [-0.3, -0.25) is 4.79 Å². The fourth-order valence-electron chi connectivity index (χ4n) is 3.06. The molecule has 0 saturated carbocycles. The molecule has 0 aromatic carbocycles. The smallest absolute Gasteiger partial charge is 0.305 e. The maximum Gasteiger partial charge on any atom is 0.305 e. The van der Waals surface area contributed by atoms with E-state index in [4.69, 9.17) is 14.2 Å². The average Bonchev–Trinajstić information content (AvgIpc) is 2.89. The Morgan fingerprint density at radius 1 is 1.00 bits per heavy atom. The van der Waals surface area contributed by atoms with Gasteiger partial charge in [0.25, 0.3) is 0 Å². The first-order valence-electron chi connectivity index (χ1n) is 10.00. The van der Waals surface area contributed by atoms with Gasteiger partial charge in [0.2, 0.25) is 0 Å². The van der Waals surface area contributed by atoms with E-state index in [1.807, 2.05) is 0 Å². The molecular weight excluding hydrogens is 304 g/mol. The van der Waals surface area contributed by atoms with Crippen molar-refractivity contribution in [3.63, 3.8) is 0 Å². The summed E-state index contributed by atoms with van der Waals surface area (Å²) in [7, 11) is 0. The van der Waals surface area contributed by atoms with E-state index >= 15 is 0 Å². The SMILES string of the molecule is CCCCCCCCC(=O)OCCCOCCC1OCC(C)[C@@H]1C. The third-order valence-corrected chi connectivity index (χ3v) is 5.03. The highest BCUT2D eigenvalue weighted by Crippen LogP contribution is 2.28. The molecule has 0 bridgehead atoms. The summed E-state index contributed by atoms with van der Waals surface area (Å²) in [6.07, 6.45) is 9.81. The Kier molecular flexibility index (Phi) is 12.2. The molecular formula is C20H38O4. The second-order valence-corrected chi connectivity index (χ2v) is 7.20. The average molecular weight is 343 g/mol. The van der Waals surface area contributed by atoms with E-state index in [0.717, 1.165) is 38.9 Å². The fraction of sp³-hybridized carbons (Fsp3) is 0.950. The lowest BCUT2D eigenvalue weighted by molar-refractivity contribution is -0.144. The van der Waals surface area contributed by atoms with Crippen molar-refractivity contribution in [3.05, 3.63) is 0 Å². The number of esters is 1. The zero-order valence-electron chi connectivity index (χ0n) is 16.1. The molecule has 2 unspecified atom stereocenters. The van der Waals surface area contributed by atoms with E-state index in [1.54, 1.807) is 0 Å². The standard InChI is InChI=1S/C20H38O4/c1-4-5-6-7-8-9-11-20(21)23-14-10-13-22-15-12-19-18(3)17(2)16-24-19/h17-19H,4-16H2,1-3H3/t17?,18-,19?/m0/s1. The number of rotatable bonds is 14. The van der Waals surface area contributed by atoms with Gasteiger partial charge in [-0.2, -0.15) is 0 Å². The van der Waals surface area contributed by atoms with Gasteiger partial charge in [-0.15, -0.1) is 0 Å². The van der Waals surface area contributed by atoms with Crippen LogP contribution in [0, 0.1) is 11.8 Å². The Morgan fingerprint density at radius 2 is 1.75 bits per heavy atom. The molecule has 142 valence electrons. The van der Waals surface area contributed by atoms with Crippen molar-refractivity contribution in [1.29, 1.82) is 0 Å². The molecule has 4 heteroatoms. The Labute approximate surface area is 148 Å². The van der Waals surface area contributed by atoms with Crippen LogP contribution >= 0.6 is 0 Å². The molecule has 1 aliphatic rings. The van der Waals surface area contributed by atoms with Crippen molar-refractivity contribution < 1.29 is 19.0 Å². The number of unbranched alkanes of at least 4 members (excludes halogenated alkanes) is 5. The van der Waals surface area contributed by atoms with Crippen LogP contribution in [0.1, 0.15) is 78.6 Å². The minimum Gasteiger partial charge on any atom is -0.466 e. The molecule has 1 fully saturated rings. The molecule has 0 aliphatic carbocycles. The van der Waals surface area contributed by atoms with Gasteiger partial charge in [-0.05, 0) is 24.7 Å². The first-order chi connectivity index (χ1) is 11.6. The van der Waals surface area contributed by atoms with E-state index < -0.39 is 0 Å². The first-order valence-corrected chi connectivity index (χ1v) is 10.00. The minimum atomic E-state index is -0.0624. The topological polar surface area (TPSA) is 44.8 Å². The highest BCUT2D eigenvalue weighted by atomic mass is 16.5. The van der Waals surface area contributed by atoms with Crippen LogP contribution in [0.25, 0.3) is 0 Å². The Hall–Kier alpha value is -0.610. The van der Waals surface area contributed by atoms with Gasteiger partial charge in [0.15, 0.2) is 0 Å². The van der Waals surface area contributed by atoms with Gasteiger partial charge in [0.05, 0.1) is 12.7 Å². The number of carbonyl (C=O) groups excluding carboxylic acids is 1. The van der Waals surface area contributed by atoms with Crippen molar-refractivity contribution >= 4 is 5.97 Å². The van der Waals surface area contributed by atoms with Crippen molar-refractivity contribution in [1.82, 2.24) is 0 Å². The van der Waals surface area contributed by atoms with Crippen LogP contribution in [0.15, 0.2) is 0 Å². The zero-order chi connectivity index (χ0) is 17.6. The van der Waals surface area contributed by atoms with Crippen molar-refractivity contribution in [2.45, 2.75) is 84.7 Å². The third kappa shape index (κ3) is 9.63. The molecule has 24 heavy (non-hydrogen) atoms. The molecule has 0 N–H and O–H groups in total. The van der Waals surface area contributed by atoms with Gasteiger partial charge in [0, 0.05) is 32.7 Å². The quantitative estimate of drug-likeness (QED) is 0.337. The molecule has 0 aromatic heterocycles. The Bertz CT molecular complexity index is 319. The van der Waals surface area contributed by atoms with E-state index in [2.05, 4.69) is 20.8 Å². The minimum absolute atomic E-state index is 0.0624. The predicted molar refractivity (Wildman–Crippen MR) is 97.1 cm³/mol. The second-order valence-electron chi connectivity index (χ2n) is 7.20. The van der Waals surface area contributed by atoms with Crippen LogP contribution < -0.4 is 0 Å². The van der Waals surface area contributed by atoms with Crippen LogP contribution in [-0.4, -0.2) is 38.5 Å². The van der Waals surface area contributed by atoms with Crippen LogP contribution in [-0.2, 0) is 19.0 Å². The number of hydrogen-bond acceptors (Lipinski definition) is 4. The maximum absolute atomic E-state index is 11.6. The highest BCUT2D eigenvalue weighted by molar-refractivity contribution is 5.69. The third-order valence-electron chi connectivity index (χ3n) is 5.03. The normalized spacial score (nSPS) is 23.5. The summed E-state index contributed by atoms with van der Waals surface area (Å²) in [5.41, 5.74) is 0. The monoisotopic (exact) mass is 342 g/mol. The van der Waals surface area contributed by atoms with Crippen molar-refractivity contribution in [2.75, 3.05) is 26.4 Å². The summed E-state index contributed by atoms with van der Waals surface area (Å²) in [5.74, 6) is 1.21. The molecule has 1 heterocycles. The van der Waals surface area contributed by atoms with Crippen molar-refractivity contribution in [3.8, 4) is 0 Å². The Morgan fingerprint density at radius 3 is 2.46 bits per heavy atom. The first kappa shape index (κ1) is 21.4. The largest absolute Gasteiger partial charge is 0.466 e. The maximum atomic E-state index is 11.6. The second kappa shape index (κ2) is 13.7. The summed E-state index contributed by atoms with van der Waals surface area (Å²) >= 11 is 0. The molecule has 1 saturated heterocycles. The van der Waals surface area contributed by atoms with E-state index in [1.165, 1.54) is 25.7 Å².